The third-order valence-electron chi connectivity index (χ3n) is 3.57. The molecule has 0 saturated carbocycles. The number of carbonyl (C=O) groups excluding carboxylic acids is 2. The molecule has 1 amide bonds. The lowest BCUT2D eigenvalue weighted by Gasteiger charge is -2.07. The number of amides is 1. The van der Waals surface area contributed by atoms with Crippen LogP contribution in [-0.4, -0.2) is 32.7 Å². The molecule has 0 heterocycles. The van der Waals surface area contributed by atoms with Gasteiger partial charge in [0.2, 0.25) is 0 Å². The van der Waals surface area contributed by atoms with Gasteiger partial charge in [-0.15, -0.1) is 0 Å². The van der Waals surface area contributed by atoms with Crippen molar-refractivity contribution in [2.24, 2.45) is 0 Å². The van der Waals surface area contributed by atoms with Gasteiger partial charge in [-0.05, 0) is 41.5 Å². The molecule has 0 bridgehead atoms. The van der Waals surface area contributed by atoms with E-state index in [4.69, 9.17) is 25.8 Å². The maximum atomic E-state index is 11.8. The summed E-state index contributed by atoms with van der Waals surface area (Å²) in [6.45, 7) is -0.0300. The molecule has 27 heavy (non-hydrogen) atoms. The number of hydrogen-bond acceptors (Lipinski definition) is 5. The van der Waals surface area contributed by atoms with Gasteiger partial charge in [-0.2, -0.15) is 0 Å². The van der Waals surface area contributed by atoms with Crippen LogP contribution in [0.1, 0.15) is 11.1 Å². The van der Waals surface area contributed by atoms with E-state index < -0.39 is 11.9 Å². The van der Waals surface area contributed by atoms with Gasteiger partial charge in [-0.25, -0.2) is 4.79 Å². The molecular formula is C20H20ClNO5. The lowest BCUT2D eigenvalue weighted by molar-refractivity contribution is -0.143. The first kappa shape index (κ1) is 20.3. The lowest BCUT2D eigenvalue weighted by Crippen LogP contribution is -2.28. The largest absolute Gasteiger partial charge is 0.493 e. The summed E-state index contributed by atoms with van der Waals surface area (Å²) in [6.07, 6.45) is 2.81. The van der Waals surface area contributed by atoms with Crippen molar-refractivity contribution in [3.8, 4) is 11.5 Å². The van der Waals surface area contributed by atoms with Crippen LogP contribution >= 0.6 is 11.6 Å². The van der Waals surface area contributed by atoms with Gasteiger partial charge in [0.1, 0.15) is 0 Å². The number of nitrogens with one attached hydrogen (secondary N) is 1. The van der Waals surface area contributed by atoms with Crippen LogP contribution in [-0.2, 0) is 20.9 Å². The van der Waals surface area contributed by atoms with Crippen molar-refractivity contribution in [3.05, 3.63) is 64.7 Å². The van der Waals surface area contributed by atoms with E-state index in [1.165, 1.54) is 13.2 Å². The number of esters is 1. The first-order chi connectivity index (χ1) is 13.0. The predicted octanol–water partition coefficient (Wildman–Crippen LogP) is 3.23. The summed E-state index contributed by atoms with van der Waals surface area (Å²) in [7, 11) is 3.07. The SMILES string of the molecule is COc1ccc(/C=C/C(=O)OCC(=O)NCc2ccc(Cl)cc2)cc1OC. The highest BCUT2D eigenvalue weighted by Gasteiger charge is 2.06. The van der Waals surface area contributed by atoms with Crippen LogP contribution in [0.15, 0.2) is 48.5 Å². The Morgan fingerprint density at radius 2 is 1.74 bits per heavy atom. The summed E-state index contributed by atoms with van der Waals surface area (Å²) in [5.41, 5.74) is 1.63. The third-order valence-corrected chi connectivity index (χ3v) is 3.82. The van der Waals surface area contributed by atoms with Gasteiger partial charge in [-0.3, -0.25) is 4.79 Å². The molecule has 7 heteroatoms. The molecule has 2 rings (SSSR count). The minimum Gasteiger partial charge on any atom is -0.493 e. The first-order valence-electron chi connectivity index (χ1n) is 8.10. The van der Waals surface area contributed by atoms with E-state index in [-0.39, 0.29) is 6.61 Å². The molecule has 142 valence electrons. The lowest BCUT2D eigenvalue weighted by atomic mass is 10.2. The van der Waals surface area contributed by atoms with Crippen LogP contribution in [0.25, 0.3) is 6.08 Å². The van der Waals surface area contributed by atoms with Crippen LogP contribution in [0.5, 0.6) is 11.5 Å². The zero-order chi connectivity index (χ0) is 19.6. The van der Waals surface area contributed by atoms with Gasteiger partial charge in [0, 0.05) is 17.6 Å². The molecule has 0 aliphatic heterocycles. The standard InChI is InChI=1S/C20H20ClNO5/c1-25-17-9-5-14(11-18(17)26-2)6-10-20(24)27-13-19(23)22-12-15-3-7-16(21)8-4-15/h3-11H,12-13H2,1-2H3,(H,22,23)/b10-6+. The van der Waals surface area contributed by atoms with Crippen molar-refractivity contribution in [1.82, 2.24) is 5.32 Å². The van der Waals surface area contributed by atoms with Crippen molar-refractivity contribution >= 4 is 29.6 Å². The Balaban J connectivity index is 1.78. The molecule has 0 aliphatic rings. The second kappa shape index (κ2) is 10.2. The third kappa shape index (κ3) is 6.67. The Labute approximate surface area is 162 Å². The minimum absolute atomic E-state index is 0.328. The number of carbonyl (C=O) groups is 2. The molecule has 0 fully saturated rings. The highest BCUT2D eigenvalue weighted by molar-refractivity contribution is 6.30. The predicted molar refractivity (Wildman–Crippen MR) is 103 cm³/mol. The van der Waals surface area contributed by atoms with Crippen LogP contribution in [0, 0.1) is 0 Å². The topological polar surface area (TPSA) is 73.9 Å². The van der Waals surface area contributed by atoms with Crippen molar-refractivity contribution in [1.29, 1.82) is 0 Å². The van der Waals surface area contributed by atoms with Crippen LogP contribution < -0.4 is 14.8 Å². The number of hydrogen-bond donors (Lipinski definition) is 1. The van der Waals surface area contributed by atoms with Crippen molar-refractivity contribution in [3.63, 3.8) is 0 Å². The van der Waals surface area contributed by atoms with E-state index in [0.717, 1.165) is 11.1 Å². The van der Waals surface area contributed by atoms with E-state index in [2.05, 4.69) is 5.32 Å². The van der Waals surface area contributed by atoms with E-state index in [1.807, 2.05) is 0 Å². The molecule has 0 spiro atoms. The Morgan fingerprint density at radius 3 is 2.41 bits per heavy atom. The quantitative estimate of drug-likeness (QED) is 0.554. The van der Waals surface area contributed by atoms with Crippen LogP contribution in [0.2, 0.25) is 5.02 Å². The maximum Gasteiger partial charge on any atom is 0.331 e. The Bertz CT molecular complexity index is 818. The summed E-state index contributed by atoms with van der Waals surface area (Å²) in [6, 6.07) is 12.3. The van der Waals surface area contributed by atoms with E-state index >= 15 is 0 Å². The number of methoxy groups -OCH3 is 2. The fourth-order valence-electron chi connectivity index (χ4n) is 2.16. The molecule has 6 nitrogen and oxygen atoms in total. The van der Waals surface area contributed by atoms with Crippen molar-refractivity contribution in [2.75, 3.05) is 20.8 Å². The fraction of sp³-hybridized carbons (Fsp3) is 0.200. The summed E-state index contributed by atoms with van der Waals surface area (Å²) in [5, 5.41) is 3.29. The van der Waals surface area contributed by atoms with Gasteiger partial charge < -0.3 is 19.5 Å². The highest BCUT2D eigenvalue weighted by Crippen LogP contribution is 2.27. The smallest absolute Gasteiger partial charge is 0.331 e. The van der Waals surface area contributed by atoms with Crippen molar-refractivity contribution < 1.29 is 23.8 Å². The number of benzene rings is 2. The van der Waals surface area contributed by atoms with E-state index in [1.54, 1.807) is 55.7 Å². The number of halogens is 1. The zero-order valence-corrected chi connectivity index (χ0v) is 15.8. The van der Waals surface area contributed by atoms with Gasteiger partial charge >= 0.3 is 5.97 Å². The molecule has 0 aromatic heterocycles. The van der Waals surface area contributed by atoms with Gasteiger partial charge in [0.15, 0.2) is 18.1 Å². The summed E-state index contributed by atoms with van der Waals surface area (Å²) in [5.74, 6) is 0.133. The van der Waals surface area contributed by atoms with Gasteiger partial charge in [0.05, 0.1) is 14.2 Å². The normalized spacial score (nSPS) is 10.5. The summed E-state index contributed by atoms with van der Waals surface area (Å²) in [4.78, 5) is 23.5. The molecule has 0 aliphatic carbocycles. The highest BCUT2D eigenvalue weighted by atomic mass is 35.5. The van der Waals surface area contributed by atoms with Crippen molar-refractivity contribution in [2.45, 2.75) is 6.54 Å². The number of ether oxygens (including phenoxy) is 3. The second-order valence-electron chi connectivity index (χ2n) is 5.46. The average molecular weight is 390 g/mol. The molecule has 0 radical (unpaired) electrons. The summed E-state index contributed by atoms with van der Waals surface area (Å²) >= 11 is 5.80. The monoisotopic (exact) mass is 389 g/mol. The zero-order valence-electron chi connectivity index (χ0n) is 15.0. The fourth-order valence-corrected chi connectivity index (χ4v) is 2.29. The Kier molecular flexibility index (Phi) is 7.70. The minimum atomic E-state index is -0.619. The Hall–Kier alpha value is -2.99. The van der Waals surface area contributed by atoms with E-state index in [0.29, 0.717) is 23.1 Å². The molecule has 0 saturated heterocycles. The van der Waals surface area contributed by atoms with Gasteiger partial charge in [-0.1, -0.05) is 29.8 Å². The van der Waals surface area contributed by atoms with E-state index in [9.17, 15) is 9.59 Å². The molecule has 2 aromatic rings. The maximum absolute atomic E-state index is 11.8. The molecule has 0 atom stereocenters. The Morgan fingerprint density at radius 1 is 1.04 bits per heavy atom. The van der Waals surface area contributed by atoms with Gasteiger partial charge in [0.25, 0.3) is 5.91 Å². The molecule has 0 unspecified atom stereocenters. The molecular weight excluding hydrogens is 370 g/mol. The second-order valence-corrected chi connectivity index (χ2v) is 5.90. The van der Waals surface area contributed by atoms with Crippen LogP contribution in [0.3, 0.4) is 0 Å². The number of rotatable bonds is 8. The average Bonchev–Trinajstić information content (AvgIpc) is 2.69. The molecule has 1 N–H and O–H groups in total. The summed E-state index contributed by atoms with van der Waals surface area (Å²) < 4.78 is 15.3. The van der Waals surface area contributed by atoms with Crippen LogP contribution in [0.4, 0.5) is 0 Å². The molecule has 2 aromatic carbocycles. The first-order valence-corrected chi connectivity index (χ1v) is 8.47.